The number of hydrogen-bond donors (Lipinski definition) is 2. The standard InChI is InChI=1S/C21H30N6O2/c1-4-16-7-6-8-18(11-16)25-20(28)13-23-21(22-5-2)27-9-10-29-19(15-27)17-12-24-26(3)14-17/h6-8,11-12,14,19H,4-5,9-10,13,15H2,1-3H3,(H,22,23)(H,25,28). The average molecular weight is 399 g/mol. The second-order valence-electron chi connectivity index (χ2n) is 7.03. The maximum atomic E-state index is 12.4. The van der Waals surface area contributed by atoms with Crippen LogP contribution in [-0.2, 0) is 23.0 Å². The van der Waals surface area contributed by atoms with E-state index < -0.39 is 0 Å². The number of amides is 1. The maximum absolute atomic E-state index is 12.4. The predicted octanol–water partition coefficient (Wildman–Crippen LogP) is 1.96. The summed E-state index contributed by atoms with van der Waals surface area (Å²) in [6.07, 6.45) is 4.67. The van der Waals surface area contributed by atoms with Crippen LogP contribution in [0.1, 0.15) is 31.1 Å². The summed E-state index contributed by atoms with van der Waals surface area (Å²) in [6, 6.07) is 7.89. The molecule has 2 N–H and O–H groups in total. The van der Waals surface area contributed by atoms with Gasteiger partial charge in [-0.25, -0.2) is 4.99 Å². The van der Waals surface area contributed by atoms with Crippen LogP contribution in [0.5, 0.6) is 0 Å². The average Bonchev–Trinajstić information content (AvgIpc) is 3.17. The summed E-state index contributed by atoms with van der Waals surface area (Å²) in [5.41, 5.74) is 3.04. The number of aliphatic imine (C=N–C) groups is 1. The van der Waals surface area contributed by atoms with Crippen LogP contribution in [0.25, 0.3) is 0 Å². The fraction of sp³-hybridized carbons (Fsp3) is 0.476. The molecule has 1 amide bonds. The monoisotopic (exact) mass is 398 g/mol. The molecule has 1 saturated heterocycles. The molecule has 1 aromatic carbocycles. The Morgan fingerprint density at radius 2 is 2.24 bits per heavy atom. The third-order valence-electron chi connectivity index (χ3n) is 4.79. The Morgan fingerprint density at radius 3 is 2.97 bits per heavy atom. The Hall–Kier alpha value is -2.87. The minimum atomic E-state index is -0.134. The molecular weight excluding hydrogens is 368 g/mol. The van der Waals surface area contributed by atoms with Gasteiger partial charge in [0.2, 0.25) is 5.91 Å². The number of rotatable bonds is 6. The molecule has 1 aromatic heterocycles. The summed E-state index contributed by atoms with van der Waals surface area (Å²) in [7, 11) is 1.89. The van der Waals surface area contributed by atoms with Crippen molar-refractivity contribution in [1.82, 2.24) is 20.0 Å². The van der Waals surface area contributed by atoms with Crippen LogP contribution in [-0.4, -0.2) is 59.3 Å². The van der Waals surface area contributed by atoms with Crippen LogP contribution in [0, 0.1) is 0 Å². The van der Waals surface area contributed by atoms with Gasteiger partial charge >= 0.3 is 0 Å². The molecule has 8 heteroatoms. The van der Waals surface area contributed by atoms with Crippen molar-refractivity contribution in [3.8, 4) is 0 Å². The topological polar surface area (TPSA) is 83.8 Å². The van der Waals surface area contributed by atoms with E-state index in [1.165, 1.54) is 5.56 Å². The molecule has 8 nitrogen and oxygen atoms in total. The first-order valence-electron chi connectivity index (χ1n) is 10.1. The van der Waals surface area contributed by atoms with Crippen molar-refractivity contribution >= 4 is 17.6 Å². The first kappa shape index (κ1) is 20.9. The minimum absolute atomic E-state index is 0.0630. The van der Waals surface area contributed by atoms with Gasteiger partial charge in [0.15, 0.2) is 5.96 Å². The van der Waals surface area contributed by atoms with Gasteiger partial charge in [-0.3, -0.25) is 9.48 Å². The van der Waals surface area contributed by atoms with Gasteiger partial charge in [-0.2, -0.15) is 5.10 Å². The highest BCUT2D eigenvalue weighted by Crippen LogP contribution is 2.21. The number of morpholine rings is 1. The van der Waals surface area contributed by atoms with E-state index in [9.17, 15) is 4.79 Å². The van der Waals surface area contributed by atoms with E-state index in [1.54, 1.807) is 4.68 Å². The summed E-state index contributed by atoms with van der Waals surface area (Å²) >= 11 is 0. The maximum Gasteiger partial charge on any atom is 0.246 e. The molecule has 29 heavy (non-hydrogen) atoms. The molecule has 0 radical (unpaired) electrons. The highest BCUT2D eigenvalue weighted by atomic mass is 16.5. The van der Waals surface area contributed by atoms with E-state index in [0.717, 1.165) is 36.7 Å². The summed E-state index contributed by atoms with van der Waals surface area (Å²) in [6.45, 7) is 6.89. The van der Waals surface area contributed by atoms with E-state index >= 15 is 0 Å². The molecule has 156 valence electrons. The first-order chi connectivity index (χ1) is 14.1. The van der Waals surface area contributed by atoms with Crippen molar-refractivity contribution in [3.63, 3.8) is 0 Å². The van der Waals surface area contributed by atoms with E-state index in [2.05, 4.69) is 32.5 Å². The largest absolute Gasteiger partial charge is 0.370 e. The van der Waals surface area contributed by atoms with Crippen molar-refractivity contribution in [3.05, 3.63) is 47.8 Å². The lowest BCUT2D eigenvalue weighted by atomic mass is 10.1. The third kappa shape index (κ3) is 5.80. The fourth-order valence-electron chi connectivity index (χ4n) is 3.29. The van der Waals surface area contributed by atoms with Crippen LogP contribution in [0.3, 0.4) is 0 Å². The highest BCUT2D eigenvalue weighted by molar-refractivity contribution is 5.94. The summed E-state index contributed by atoms with van der Waals surface area (Å²) in [5, 5.41) is 10.4. The normalized spacial score (nSPS) is 17.3. The zero-order valence-electron chi connectivity index (χ0n) is 17.4. The molecule has 1 atom stereocenters. The van der Waals surface area contributed by atoms with Crippen molar-refractivity contribution in [1.29, 1.82) is 0 Å². The molecule has 2 heterocycles. The number of anilines is 1. The summed E-state index contributed by atoms with van der Waals surface area (Å²) in [5.74, 6) is 0.591. The fourth-order valence-corrected chi connectivity index (χ4v) is 3.29. The molecule has 3 rings (SSSR count). The molecule has 1 aliphatic heterocycles. The molecular formula is C21H30N6O2. The number of hydrogen-bond acceptors (Lipinski definition) is 4. The number of ether oxygens (including phenoxy) is 1. The number of nitrogens with zero attached hydrogens (tertiary/aromatic N) is 4. The number of carbonyl (C=O) groups is 1. The zero-order valence-corrected chi connectivity index (χ0v) is 17.4. The van der Waals surface area contributed by atoms with Crippen molar-refractivity contribution in [2.45, 2.75) is 26.4 Å². The summed E-state index contributed by atoms with van der Waals surface area (Å²) in [4.78, 5) is 19.1. The molecule has 0 spiro atoms. The Morgan fingerprint density at radius 1 is 1.38 bits per heavy atom. The van der Waals surface area contributed by atoms with Gasteiger partial charge in [0.25, 0.3) is 0 Å². The third-order valence-corrected chi connectivity index (χ3v) is 4.79. The quantitative estimate of drug-likeness (QED) is 0.574. The molecule has 1 aliphatic rings. The van der Waals surface area contributed by atoms with Crippen molar-refractivity contribution in [2.75, 3.05) is 38.1 Å². The number of benzene rings is 1. The van der Waals surface area contributed by atoms with Crippen LogP contribution < -0.4 is 10.6 Å². The van der Waals surface area contributed by atoms with Gasteiger partial charge in [-0.15, -0.1) is 0 Å². The number of nitrogens with one attached hydrogen (secondary N) is 2. The second-order valence-corrected chi connectivity index (χ2v) is 7.03. The minimum Gasteiger partial charge on any atom is -0.370 e. The number of aromatic nitrogens is 2. The van der Waals surface area contributed by atoms with E-state index in [4.69, 9.17) is 4.74 Å². The van der Waals surface area contributed by atoms with Crippen LogP contribution in [0.2, 0.25) is 0 Å². The Balaban J connectivity index is 1.63. The number of guanidine groups is 1. The van der Waals surface area contributed by atoms with Gasteiger partial charge < -0.3 is 20.3 Å². The van der Waals surface area contributed by atoms with Crippen LogP contribution >= 0.6 is 0 Å². The Kier molecular flexibility index (Phi) is 7.24. The van der Waals surface area contributed by atoms with Gasteiger partial charge in [0.05, 0.1) is 19.3 Å². The smallest absolute Gasteiger partial charge is 0.246 e. The molecule has 2 aromatic rings. The predicted molar refractivity (Wildman–Crippen MR) is 114 cm³/mol. The first-order valence-corrected chi connectivity index (χ1v) is 10.1. The Bertz CT molecular complexity index is 847. The van der Waals surface area contributed by atoms with Crippen LogP contribution in [0.15, 0.2) is 41.7 Å². The second kappa shape index (κ2) is 10.1. The molecule has 0 bridgehead atoms. The Labute approximate surface area is 171 Å². The van der Waals surface area contributed by atoms with Gasteiger partial charge in [0.1, 0.15) is 12.6 Å². The SMILES string of the molecule is CCNC(=NCC(=O)Nc1cccc(CC)c1)N1CCOC(c2cnn(C)c2)C1. The lowest BCUT2D eigenvalue weighted by Crippen LogP contribution is -2.48. The summed E-state index contributed by atoms with van der Waals surface area (Å²) < 4.78 is 7.68. The van der Waals surface area contributed by atoms with Crippen LogP contribution in [0.4, 0.5) is 5.69 Å². The van der Waals surface area contributed by atoms with E-state index in [1.807, 2.05) is 50.6 Å². The molecule has 1 unspecified atom stereocenters. The molecule has 0 aliphatic carbocycles. The van der Waals surface area contributed by atoms with Gasteiger partial charge in [0, 0.05) is 37.6 Å². The van der Waals surface area contributed by atoms with Gasteiger partial charge in [-0.1, -0.05) is 19.1 Å². The highest BCUT2D eigenvalue weighted by Gasteiger charge is 2.25. The molecule has 1 fully saturated rings. The lowest BCUT2D eigenvalue weighted by Gasteiger charge is -2.34. The van der Waals surface area contributed by atoms with Crippen molar-refractivity contribution in [2.24, 2.45) is 12.0 Å². The van der Waals surface area contributed by atoms with Gasteiger partial charge in [-0.05, 0) is 31.0 Å². The zero-order chi connectivity index (χ0) is 20.6. The van der Waals surface area contributed by atoms with Crippen molar-refractivity contribution < 1.29 is 9.53 Å². The number of aryl methyl sites for hydroxylation is 2. The molecule has 0 saturated carbocycles. The number of carbonyl (C=O) groups excluding carboxylic acids is 1. The van der Waals surface area contributed by atoms with E-state index in [0.29, 0.717) is 13.2 Å². The lowest BCUT2D eigenvalue weighted by molar-refractivity contribution is -0.114. The van der Waals surface area contributed by atoms with E-state index in [-0.39, 0.29) is 18.6 Å².